The van der Waals surface area contributed by atoms with E-state index < -0.39 is 24.1 Å². The third kappa shape index (κ3) is 2.96. The van der Waals surface area contributed by atoms with E-state index in [1.165, 1.54) is 11.3 Å². The molecule has 136 valence electrons. The molecule has 26 heavy (non-hydrogen) atoms. The molecule has 2 aromatic heterocycles. The fourth-order valence-corrected chi connectivity index (χ4v) is 3.91. The summed E-state index contributed by atoms with van der Waals surface area (Å²) in [5, 5.41) is 12.3. The highest BCUT2D eigenvalue weighted by Crippen LogP contribution is 2.34. The van der Waals surface area contributed by atoms with Crippen molar-refractivity contribution in [1.29, 1.82) is 0 Å². The number of imide groups is 1. The van der Waals surface area contributed by atoms with E-state index in [0.717, 1.165) is 22.6 Å². The van der Waals surface area contributed by atoms with E-state index >= 15 is 0 Å². The summed E-state index contributed by atoms with van der Waals surface area (Å²) in [7, 11) is 0. The van der Waals surface area contributed by atoms with Crippen LogP contribution in [0, 0.1) is 0 Å². The lowest BCUT2D eigenvalue weighted by Crippen LogP contribution is -2.44. The van der Waals surface area contributed by atoms with Gasteiger partial charge in [-0.2, -0.15) is 0 Å². The Hall–Kier alpha value is -2.75. The van der Waals surface area contributed by atoms with Gasteiger partial charge in [0.15, 0.2) is 6.61 Å². The lowest BCUT2D eigenvalue weighted by atomic mass is 9.98. The van der Waals surface area contributed by atoms with Crippen LogP contribution in [-0.4, -0.2) is 45.1 Å². The van der Waals surface area contributed by atoms with Gasteiger partial charge in [0.1, 0.15) is 12.1 Å². The number of amides is 3. The molecule has 3 heterocycles. The fraction of sp³-hybridized carbons (Fsp3) is 0.438. The number of carbonyl (C=O) groups is 3. The van der Waals surface area contributed by atoms with E-state index in [-0.39, 0.29) is 18.4 Å². The molecule has 1 spiro atoms. The Balaban J connectivity index is 1.33. The first kappa shape index (κ1) is 16.7. The largest absolute Gasteiger partial charge is 0.454 e. The smallest absolute Gasteiger partial charge is 0.326 e. The van der Waals surface area contributed by atoms with Crippen molar-refractivity contribution < 1.29 is 23.5 Å². The Kier molecular flexibility index (Phi) is 4.19. The van der Waals surface area contributed by atoms with Gasteiger partial charge in [-0.25, -0.2) is 4.79 Å². The van der Waals surface area contributed by atoms with Crippen molar-refractivity contribution >= 4 is 29.2 Å². The predicted octanol–water partition coefficient (Wildman–Crippen LogP) is 1.71. The molecule has 2 aromatic rings. The second-order valence-corrected chi connectivity index (χ2v) is 7.20. The third-order valence-corrected chi connectivity index (χ3v) is 5.40. The minimum atomic E-state index is -0.834. The third-order valence-electron chi connectivity index (χ3n) is 4.55. The number of esters is 1. The number of hydrogen-bond donors (Lipinski definition) is 1. The van der Waals surface area contributed by atoms with Gasteiger partial charge in [0.2, 0.25) is 0 Å². The maximum absolute atomic E-state index is 12.5. The molecule has 1 aliphatic heterocycles. The van der Waals surface area contributed by atoms with Crippen molar-refractivity contribution in [2.45, 2.75) is 37.8 Å². The minimum absolute atomic E-state index is 0.145. The summed E-state index contributed by atoms with van der Waals surface area (Å²) in [5.41, 5.74) is -0.834. The number of urea groups is 1. The fourth-order valence-electron chi connectivity index (χ4n) is 3.27. The van der Waals surface area contributed by atoms with E-state index in [4.69, 9.17) is 9.15 Å². The number of nitrogens with zero attached hydrogens (tertiary/aromatic N) is 3. The molecule has 1 saturated carbocycles. The van der Waals surface area contributed by atoms with Gasteiger partial charge in [0.05, 0.1) is 4.88 Å². The maximum Gasteiger partial charge on any atom is 0.326 e. The molecule has 0 bridgehead atoms. The quantitative estimate of drug-likeness (QED) is 0.624. The van der Waals surface area contributed by atoms with Crippen LogP contribution in [-0.2, 0) is 20.9 Å². The van der Waals surface area contributed by atoms with Crippen molar-refractivity contribution in [2.75, 3.05) is 6.54 Å². The molecular formula is C16H16N4O5S. The lowest BCUT2D eigenvalue weighted by molar-refractivity contribution is -0.149. The van der Waals surface area contributed by atoms with Crippen LogP contribution in [0.15, 0.2) is 21.9 Å². The van der Waals surface area contributed by atoms with Gasteiger partial charge in [0.25, 0.3) is 17.7 Å². The Labute approximate surface area is 152 Å². The Morgan fingerprint density at radius 3 is 2.88 bits per heavy atom. The van der Waals surface area contributed by atoms with Gasteiger partial charge in [-0.15, -0.1) is 21.5 Å². The molecule has 0 unspecified atom stereocenters. The number of hydrogen-bond acceptors (Lipinski definition) is 8. The first-order chi connectivity index (χ1) is 12.6. The summed E-state index contributed by atoms with van der Waals surface area (Å²) < 4.78 is 10.5. The summed E-state index contributed by atoms with van der Waals surface area (Å²) in [6.07, 6.45) is 2.98. The average Bonchev–Trinajstić information content (AvgIpc) is 3.40. The highest BCUT2D eigenvalue weighted by molar-refractivity contribution is 7.13. The number of rotatable bonds is 5. The zero-order valence-electron chi connectivity index (χ0n) is 13.8. The zero-order valence-corrected chi connectivity index (χ0v) is 14.6. The SMILES string of the molecule is O=C(CN1C(=O)NC2(CCCC2)C1=O)OCc1nnc(-c2cccs2)o1. The monoisotopic (exact) mass is 376 g/mol. The van der Waals surface area contributed by atoms with Crippen molar-refractivity contribution in [3.05, 3.63) is 23.4 Å². The van der Waals surface area contributed by atoms with E-state index in [0.29, 0.717) is 18.7 Å². The molecule has 4 rings (SSSR count). The van der Waals surface area contributed by atoms with Crippen molar-refractivity contribution in [2.24, 2.45) is 0 Å². The van der Waals surface area contributed by atoms with Crippen LogP contribution in [0.5, 0.6) is 0 Å². The molecule has 2 aliphatic rings. The molecule has 0 atom stereocenters. The van der Waals surface area contributed by atoms with Crippen LogP contribution in [0.25, 0.3) is 10.8 Å². The van der Waals surface area contributed by atoms with Crippen LogP contribution < -0.4 is 5.32 Å². The van der Waals surface area contributed by atoms with E-state index in [1.807, 2.05) is 17.5 Å². The molecule has 0 aromatic carbocycles. The summed E-state index contributed by atoms with van der Waals surface area (Å²) in [6.45, 7) is -0.648. The maximum atomic E-state index is 12.5. The first-order valence-corrected chi connectivity index (χ1v) is 9.11. The van der Waals surface area contributed by atoms with E-state index in [9.17, 15) is 14.4 Å². The summed E-state index contributed by atoms with van der Waals surface area (Å²) in [4.78, 5) is 38.3. The number of ether oxygens (including phenoxy) is 1. The first-order valence-electron chi connectivity index (χ1n) is 8.23. The standard InChI is InChI=1S/C16H16N4O5S/c21-12(8-20-14(22)16(17-15(20)23)5-1-2-6-16)24-9-11-18-19-13(25-11)10-4-3-7-26-10/h3-4,7H,1-2,5-6,8-9H2,(H,17,23). The molecule has 3 amide bonds. The second-order valence-electron chi connectivity index (χ2n) is 6.25. The van der Waals surface area contributed by atoms with Gasteiger partial charge >= 0.3 is 12.0 Å². The van der Waals surface area contributed by atoms with Crippen molar-refractivity contribution in [3.63, 3.8) is 0 Å². The summed E-state index contributed by atoms with van der Waals surface area (Å²) >= 11 is 1.45. The van der Waals surface area contributed by atoms with Gasteiger partial charge in [-0.05, 0) is 24.3 Å². The topological polar surface area (TPSA) is 115 Å². The van der Waals surface area contributed by atoms with Crippen LogP contribution in [0.2, 0.25) is 0 Å². The number of nitrogens with one attached hydrogen (secondary N) is 1. The molecular weight excluding hydrogens is 360 g/mol. The Morgan fingerprint density at radius 2 is 2.15 bits per heavy atom. The van der Waals surface area contributed by atoms with E-state index in [1.54, 1.807) is 0 Å². The summed E-state index contributed by atoms with van der Waals surface area (Å²) in [5.74, 6) is -0.566. The van der Waals surface area contributed by atoms with Gasteiger partial charge in [-0.3, -0.25) is 14.5 Å². The molecule has 1 aliphatic carbocycles. The van der Waals surface area contributed by atoms with Crippen LogP contribution in [0.4, 0.5) is 4.79 Å². The molecule has 2 fully saturated rings. The van der Waals surface area contributed by atoms with Gasteiger partial charge < -0.3 is 14.5 Å². The van der Waals surface area contributed by atoms with Crippen molar-refractivity contribution in [1.82, 2.24) is 20.4 Å². The number of thiophene rings is 1. The molecule has 10 heteroatoms. The summed E-state index contributed by atoms with van der Waals surface area (Å²) in [6, 6.07) is 3.15. The molecule has 1 N–H and O–H groups in total. The zero-order chi connectivity index (χ0) is 18.1. The predicted molar refractivity (Wildman–Crippen MR) is 88.9 cm³/mol. The Morgan fingerprint density at radius 1 is 1.35 bits per heavy atom. The lowest BCUT2D eigenvalue weighted by Gasteiger charge is -2.19. The van der Waals surface area contributed by atoms with Crippen molar-refractivity contribution in [3.8, 4) is 10.8 Å². The molecule has 1 saturated heterocycles. The minimum Gasteiger partial charge on any atom is -0.454 e. The van der Waals surface area contributed by atoms with Gasteiger partial charge in [0, 0.05) is 0 Å². The highest BCUT2D eigenvalue weighted by atomic mass is 32.1. The average molecular weight is 376 g/mol. The highest BCUT2D eigenvalue weighted by Gasteiger charge is 2.52. The van der Waals surface area contributed by atoms with Crippen LogP contribution >= 0.6 is 11.3 Å². The normalized spacial score (nSPS) is 18.5. The van der Waals surface area contributed by atoms with Crippen LogP contribution in [0.1, 0.15) is 31.6 Å². The van der Waals surface area contributed by atoms with Gasteiger partial charge in [-0.1, -0.05) is 18.9 Å². The second kappa shape index (κ2) is 6.52. The Bertz CT molecular complexity index is 841. The number of aromatic nitrogens is 2. The number of carbonyl (C=O) groups excluding carboxylic acids is 3. The molecule has 0 radical (unpaired) electrons. The van der Waals surface area contributed by atoms with E-state index in [2.05, 4.69) is 15.5 Å². The molecule has 9 nitrogen and oxygen atoms in total. The van der Waals surface area contributed by atoms with Crippen LogP contribution in [0.3, 0.4) is 0 Å².